The van der Waals surface area contributed by atoms with Crippen molar-refractivity contribution in [3.63, 3.8) is 0 Å². The number of likely N-dealkylation sites (tertiary alicyclic amines) is 1. The average molecular weight is 566 g/mol. The molecular weight excluding hydrogens is 526 g/mol. The summed E-state index contributed by atoms with van der Waals surface area (Å²) in [6.45, 7) is 11.1. The van der Waals surface area contributed by atoms with Crippen molar-refractivity contribution < 1.29 is 47.7 Å². The van der Waals surface area contributed by atoms with Crippen molar-refractivity contribution in [2.24, 2.45) is 11.8 Å². The topological polar surface area (TPSA) is 173 Å². The quantitative estimate of drug-likeness (QED) is 0.118. The second-order valence-electron chi connectivity index (χ2n) is 11.3. The Morgan fingerprint density at radius 1 is 0.925 bits per heavy atom. The first-order valence-corrected chi connectivity index (χ1v) is 12.8. The van der Waals surface area contributed by atoms with E-state index in [2.05, 4.69) is 0 Å². The number of hydrogen-bond acceptors (Lipinski definition) is 11. The Labute approximate surface area is 233 Å². The summed E-state index contributed by atoms with van der Waals surface area (Å²) < 4.78 is 27.2. The number of esters is 3. The lowest BCUT2D eigenvalue weighted by Crippen LogP contribution is -2.65. The van der Waals surface area contributed by atoms with Crippen molar-refractivity contribution in [1.29, 1.82) is 0 Å². The highest BCUT2D eigenvalue weighted by Crippen LogP contribution is 2.38. The number of ether oxygens (including phenoxy) is 5. The van der Waals surface area contributed by atoms with Crippen LogP contribution < -0.4 is 20.7 Å². The fraction of sp³-hybridized carbons (Fsp3) is 0.593. The van der Waals surface area contributed by atoms with Gasteiger partial charge in [0.1, 0.15) is 11.2 Å². The highest BCUT2D eigenvalue weighted by atomic mass is 16.6. The zero-order valence-corrected chi connectivity index (χ0v) is 24.0. The van der Waals surface area contributed by atoms with Crippen LogP contribution in [0, 0.1) is 5.92 Å². The minimum atomic E-state index is -2.44. The molecule has 1 aliphatic rings. The van der Waals surface area contributed by atoms with Crippen molar-refractivity contribution in [1.82, 2.24) is 10.3 Å². The molecular formula is C27H39N3O10. The number of nitrogens with two attached hydrogens (primary N) is 1. The first-order chi connectivity index (χ1) is 18.5. The van der Waals surface area contributed by atoms with Gasteiger partial charge < -0.3 is 28.6 Å². The van der Waals surface area contributed by atoms with Crippen LogP contribution in [-0.4, -0.2) is 71.3 Å². The summed E-state index contributed by atoms with van der Waals surface area (Å²) >= 11 is 0. The van der Waals surface area contributed by atoms with Gasteiger partial charge in [-0.15, -0.1) is 0 Å². The van der Waals surface area contributed by atoms with Crippen molar-refractivity contribution in [3.8, 4) is 11.5 Å². The highest BCUT2D eigenvalue weighted by Gasteiger charge is 2.58. The minimum absolute atomic E-state index is 0.0179. The average Bonchev–Trinajstić information content (AvgIpc) is 2.83. The Balaban J connectivity index is 2.41. The predicted molar refractivity (Wildman–Crippen MR) is 141 cm³/mol. The number of rotatable bonds is 8. The molecule has 3 N–H and O–H groups in total. The van der Waals surface area contributed by atoms with Crippen LogP contribution in [0.2, 0.25) is 0 Å². The first-order valence-electron chi connectivity index (χ1n) is 12.8. The van der Waals surface area contributed by atoms with Crippen LogP contribution in [0.25, 0.3) is 0 Å². The highest BCUT2D eigenvalue weighted by molar-refractivity contribution is 6.09. The van der Waals surface area contributed by atoms with E-state index in [1.54, 1.807) is 53.7 Å². The molecule has 1 heterocycles. The molecule has 1 aromatic carbocycles. The molecule has 2 amide bonds. The van der Waals surface area contributed by atoms with Crippen LogP contribution >= 0.6 is 0 Å². The number of hydrogen-bond donors (Lipinski definition) is 2. The van der Waals surface area contributed by atoms with E-state index in [1.165, 1.54) is 17.0 Å². The SMILES string of the molecule is CC(=O)OC(=O)C(Oc1ccccc1OCC(=O)OC(C)(C)C)(C(=O)NN)C1CCN(C(=O)OC(C)(C)C)CC1. The monoisotopic (exact) mass is 565 g/mol. The fourth-order valence-electron chi connectivity index (χ4n) is 4.06. The van der Waals surface area contributed by atoms with E-state index in [4.69, 9.17) is 29.5 Å². The van der Waals surface area contributed by atoms with Crippen LogP contribution in [0.1, 0.15) is 61.3 Å². The third-order valence-electron chi connectivity index (χ3n) is 5.62. The Morgan fingerprint density at radius 2 is 1.48 bits per heavy atom. The maximum absolute atomic E-state index is 13.4. The van der Waals surface area contributed by atoms with Crippen molar-refractivity contribution in [2.75, 3.05) is 19.7 Å². The molecule has 1 atom stereocenters. The molecule has 0 radical (unpaired) electrons. The van der Waals surface area contributed by atoms with Gasteiger partial charge in [-0.2, -0.15) is 0 Å². The van der Waals surface area contributed by atoms with E-state index in [1.807, 2.05) is 5.43 Å². The molecule has 1 aliphatic heterocycles. The lowest BCUT2D eigenvalue weighted by molar-refractivity contribution is -0.180. The molecule has 0 bridgehead atoms. The predicted octanol–water partition coefficient (Wildman–Crippen LogP) is 2.25. The zero-order chi connectivity index (χ0) is 30.3. The summed E-state index contributed by atoms with van der Waals surface area (Å²) in [7, 11) is 0. The second kappa shape index (κ2) is 13.0. The molecule has 13 heteroatoms. The van der Waals surface area contributed by atoms with E-state index in [0.717, 1.165) is 6.92 Å². The van der Waals surface area contributed by atoms with Crippen molar-refractivity contribution in [2.45, 2.75) is 78.1 Å². The summed E-state index contributed by atoms with van der Waals surface area (Å²) in [5.41, 5.74) is -1.95. The number of hydrazine groups is 1. The standard InChI is InChI=1S/C27H39N3O10/c1-17(31)37-23(34)27(22(33)29-28,18-12-14-30(15-13-18)24(35)40-26(5,6)7)38-20-11-9-8-10-19(20)36-16-21(32)39-25(2,3)4/h8-11,18H,12-16,28H2,1-7H3,(H,29,33). The van der Waals surface area contributed by atoms with Gasteiger partial charge in [0.25, 0.3) is 11.5 Å². The Kier molecular flexibility index (Phi) is 10.5. The molecule has 0 saturated carbocycles. The van der Waals surface area contributed by atoms with Crippen LogP contribution in [0.3, 0.4) is 0 Å². The number of amides is 2. The number of nitrogens with zero attached hydrogens (tertiary/aromatic N) is 1. The van der Waals surface area contributed by atoms with Gasteiger partial charge in [-0.25, -0.2) is 20.2 Å². The van der Waals surface area contributed by atoms with Crippen LogP contribution in [-0.2, 0) is 33.4 Å². The first kappa shape index (κ1) is 32.3. The fourth-order valence-corrected chi connectivity index (χ4v) is 4.06. The van der Waals surface area contributed by atoms with Gasteiger partial charge in [-0.05, 0) is 66.5 Å². The Hall–Kier alpha value is -3.87. The summed E-state index contributed by atoms with van der Waals surface area (Å²) in [6, 6.07) is 6.03. The van der Waals surface area contributed by atoms with Gasteiger partial charge in [0.05, 0.1) is 0 Å². The van der Waals surface area contributed by atoms with Gasteiger partial charge in [0, 0.05) is 25.9 Å². The van der Waals surface area contributed by atoms with Crippen LogP contribution in [0.4, 0.5) is 4.79 Å². The smallest absolute Gasteiger partial charge is 0.410 e. The largest absolute Gasteiger partial charge is 0.478 e. The molecule has 40 heavy (non-hydrogen) atoms. The number of carbonyl (C=O) groups is 5. The molecule has 0 aromatic heterocycles. The van der Waals surface area contributed by atoms with Gasteiger partial charge >= 0.3 is 24.0 Å². The molecule has 0 spiro atoms. The second-order valence-corrected chi connectivity index (χ2v) is 11.3. The van der Waals surface area contributed by atoms with Crippen LogP contribution in [0.15, 0.2) is 24.3 Å². The van der Waals surface area contributed by atoms with Gasteiger partial charge in [-0.3, -0.25) is 15.0 Å². The van der Waals surface area contributed by atoms with E-state index >= 15 is 0 Å². The van der Waals surface area contributed by atoms with Crippen molar-refractivity contribution in [3.05, 3.63) is 24.3 Å². The molecule has 1 saturated heterocycles. The Bertz CT molecular complexity index is 1100. The van der Waals surface area contributed by atoms with Gasteiger partial charge in [0.2, 0.25) is 0 Å². The molecule has 13 nitrogen and oxygen atoms in total. The summed E-state index contributed by atoms with van der Waals surface area (Å²) in [4.78, 5) is 64.7. The van der Waals surface area contributed by atoms with Gasteiger partial charge in [0.15, 0.2) is 18.1 Å². The summed E-state index contributed by atoms with van der Waals surface area (Å²) in [5, 5.41) is 0. The van der Waals surface area contributed by atoms with Gasteiger partial charge in [-0.1, -0.05) is 12.1 Å². The maximum atomic E-state index is 13.4. The van der Waals surface area contributed by atoms with E-state index in [0.29, 0.717) is 0 Å². The van der Waals surface area contributed by atoms with Crippen LogP contribution in [0.5, 0.6) is 11.5 Å². The van der Waals surface area contributed by atoms with E-state index in [-0.39, 0.29) is 37.4 Å². The molecule has 1 fully saturated rings. The third-order valence-corrected chi connectivity index (χ3v) is 5.62. The Morgan fingerprint density at radius 3 is 1.98 bits per heavy atom. The molecule has 0 aliphatic carbocycles. The number of carbonyl (C=O) groups excluding carboxylic acids is 5. The molecule has 1 aromatic rings. The summed E-state index contributed by atoms with van der Waals surface area (Å²) in [5.74, 6) is 0.528. The third kappa shape index (κ3) is 8.83. The van der Waals surface area contributed by atoms with E-state index < -0.39 is 59.2 Å². The molecule has 2 rings (SSSR count). The maximum Gasteiger partial charge on any atom is 0.410 e. The van der Waals surface area contributed by atoms with Crippen molar-refractivity contribution >= 4 is 29.9 Å². The zero-order valence-electron chi connectivity index (χ0n) is 24.0. The lowest BCUT2D eigenvalue weighted by atomic mass is 9.79. The number of para-hydroxylation sites is 2. The minimum Gasteiger partial charge on any atom is -0.478 e. The number of nitrogens with one attached hydrogen (secondary N) is 1. The number of piperidine rings is 1. The lowest BCUT2D eigenvalue weighted by Gasteiger charge is -2.41. The molecule has 222 valence electrons. The molecule has 1 unspecified atom stereocenters. The summed E-state index contributed by atoms with van der Waals surface area (Å²) in [6.07, 6.45) is -0.353. The normalized spacial score (nSPS) is 15.8. The van der Waals surface area contributed by atoms with E-state index in [9.17, 15) is 24.0 Å². The number of benzene rings is 1.